The maximum atomic E-state index is 12.7. The molecule has 98 heavy (non-hydrogen) atoms. The molecule has 0 aromatic rings. The molecule has 0 spiro atoms. The first-order valence-electron chi connectivity index (χ1n) is 33.7. The highest BCUT2D eigenvalue weighted by Gasteiger charge is 2.48. The molecule has 0 saturated carbocycles. The molecular formula is C62H111N9O27. The van der Waals surface area contributed by atoms with Crippen LogP contribution >= 0.6 is 0 Å². The molecule has 0 radical (unpaired) electrons. The van der Waals surface area contributed by atoms with E-state index >= 15 is 0 Å². The van der Waals surface area contributed by atoms with Gasteiger partial charge in [-0.1, -0.05) is 6.92 Å². The van der Waals surface area contributed by atoms with Gasteiger partial charge >= 0.3 is 0 Å². The standard InChI is InChI=1S/C62H111N9O27/c1-38(75)69-50-56(87)53(84)41(32-72)96-59(50)93-26-8-5-14-44(78)63-20-11-23-66-47(81)17-29-90-35-62(4,36-91-30-18-48(82)67-24-12-21-64-45(79)15-6-9-27-94-60-51(70-39(2)76)57(88)54(85)42(33-73)97-60)37-92-31-19-49(83)68-25-13-22-65-46(80)16-7-10-28-95-61-52(71-40(3)77)58(89)55(86)43(34-74)98-61/h41-43,50-61,72-74,84-89H,5-37H2,1-4H3,(H,63,78)(H,64,79)(H,65,80)(H,66,81)(H,67,82)(H,68,83)(H,69,75)(H,70,76)(H,71,77)/t41?,42?,43?,50-,51-,52-,53+,54+,55+,56?,57?,58?,59+,60+,61+,62?/m0/s1. The van der Waals surface area contributed by atoms with Crippen LogP contribution in [0.1, 0.15) is 124 Å². The Morgan fingerprint density at radius 1 is 0.337 bits per heavy atom. The Hall–Kier alpha value is -5.49. The van der Waals surface area contributed by atoms with E-state index in [-0.39, 0.29) is 153 Å². The number of aliphatic hydroxyl groups excluding tert-OH is 9. The van der Waals surface area contributed by atoms with Crippen LogP contribution < -0.4 is 47.9 Å². The molecule has 15 atom stereocenters. The second-order valence-electron chi connectivity index (χ2n) is 24.7. The first kappa shape index (κ1) is 86.7. The van der Waals surface area contributed by atoms with Crippen molar-refractivity contribution in [2.45, 2.75) is 216 Å². The maximum Gasteiger partial charge on any atom is 0.222 e. The molecule has 0 aliphatic carbocycles. The van der Waals surface area contributed by atoms with Gasteiger partial charge in [-0.2, -0.15) is 0 Å². The van der Waals surface area contributed by atoms with E-state index in [1.165, 1.54) is 20.8 Å². The van der Waals surface area contributed by atoms with Gasteiger partial charge in [-0.05, 0) is 57.8 Å². The number of nitrogens with one attached hydrogen (secondary N) is 9. The molecule has 3 heterocycles. The van der Waals surface area contributed by atoms with Gasteiger partial charge in [-0.15, -0.1) is 0 Å². The number of unbranched alkanes of at least 4 members (excludes halogenated alkanes) is 3. The molecule has 0 aromatic heterocycles. The molecule has 3 fully saturated rings. The van der Waals surface area contributed by atoms with Crippen LogP contribution in [-0.2, 0) is 85.8 Å². The van der Waals surface area contributed by atoms with Crippen LogP contribution in [0.15, 0.2) is 0 Å². The van der Waals surface area contributed by atoms with Crippen molar-refractivity contribution in [3.05, 3.63) is 0 Å². The van der Waals surface area contributed by atoms with Crippen molar-refractivity contribution < 1.29 is 132 Å². The second-order valence-corrected chi connectivity index (χ2v) is 24.7. The van der Waals surface area contributed by atoms with Crippen molar-refractivity contribution in [3.8, 4) is 0 Å². The largest absolute Gasteiger partial charge is 0.394 e. The van der Waals surface area contributed by atoms with Gasteiger partial charge in [0.2, 0.25) is 53.2 Å². The fourth-order valence-corrected chi connectivity index (χ4v) is 10.3. The van der Waals surface area contributed by atoms with E-state index in [2.05, 4.69) is 47.9 Å². The van der Waals surface area contributed by atoms with Gasteiger partial charge in [-0.3, -0.25) is 43.2 Å². The van der Waals surface area contributed by atoms with Crippen LogP contribution in [0.2, 0.25) is 0 Å². The molecule has 3 rings (SSSR count). The summed E-state index contributed by atoms with van der Waals surface area (Å²) in [5.74, 6) is -2.95. The third-order valence-corrected chi connectivity index (χ3v) is 15.8. The van der Waals surface area contributed by atoms with Crippen LogP contribution in [0.4, 0.5) is 0 Å². The average molecular weight is 1410 g/mol. The topological polar surface area (TPSA) is 527 Å². The summed E-state index contributed by atoms with van der Waals surface area (Å²) in [7, 11) is 0. The van der Waals surface area contributed by atoms with Crippen molar-refractivity contribution in [1.82, 2.24) is 47.9 Å². The highest BCUT2D eigenvalue weighted by atomic mass is 16.7. The fraction of sp³-hybridized carbons (Fsp3) is 0.855. The third-order valence-electron chi connectivity index (χ3n) is 15.8. The molecule has 6 unspecified atom stereocenters. The number of carbonyl (C=O) groups is 9. The number of amides is 9. The summed E-state index contributed by atoms with van der Waals surface area (Å²) >= 11 is 0. The molecule has 566 valence electrons. The summed E-state index contributed by atoms with van der Waals surface area (Å²) in [4.78, 5) is 110. The summed E-state index contributed by atoms with van der Waals surface area (Å²) < 4.78 is 51.4. The van der Waals surface area contributed by atoms with Gasteiger partial charge in [0, 0.05) is 124 Å². The normalized spacial score (nSPS) is 26.0. The quantitative estimate of drug-likeness (QED) is 0.0252. The minimum absolute atomic E-state index is 0.0184. The lowest BCUT2D eigenvalue weighted by Gasteiger charge is -2.42. The zero-order valence-electron chi connectivity index (χ0n) is 56.9. The van der Waals surface area contributed by atoms with Gasteiger partial charge in [0.1, 0.15) is 73.1 Å². The van der Waals surface area contributed by atoms with Crippen LogP contribution in [0, 0.1) is 5.41 Å². The van der Waals surface area contributed by atoms with Gasteiger partial charge in [-0.25, -0.2) is 0 Å². The Morgan fingerprint density at radius 3 is 0.796 bits per heavy atom. The average Bonchev–Trinajstić information content (AvgIpc) is 0.826. The Bertz CT molecular complexity index is 2110. The van der Waals surface area contributed by atoms with Crippen molar-refractivity contribution in [3.63, 3.8) is 0 Å². The number of aliphatic hydroxyl groups is 9. The summed E-state index contributed by atoms with van der Waals surface area (Å²) in [6, 6.07) is -3.21. The Morgan fingerprint density at radius 2 is 0.571 bits per heavy atom. The third kappa shape index (κ3) is 34.7. The molecular weight excluding hydrogens is 1300 g/mol. The lowest BCUT2D eigenvalue weighted by molar-refractivity contribution is -0.270. The molecule has 36 nitrogen and oxygen atoms in total. The Balaban J connectivity index is 1.34. The first-order valence-corrected chi connectivity index (χ1v) is 33.7. The van der Waals surface area contributed by atoms with Crippen LogP contribution in [0.5, 0.6) is 0 Å². The number of hydrogen-bond donors (Lipinski definition) is 18. The van der Waals surface area contributed by atoms with Crippen LogP contribution in [-0.4, -0.2) is 310 Å². The predicted octanol–water partition coefficient (Wildman–Crippen LogP) is -6.53. The van der Waals surface area contributed by atoms with Crippen LogP contribution in [0.25, 0.3) is 0 Å². The van der Waals surface area contributed by atoms with E-state index in [1.807, 2.05) is 6.92 Å². The second kappa shape index (κ2) is 49.1. The van der Waals surface area contributed by atoms with E-state index in [4.69, 9.17) is 42.6 Å². The minimum Gasteiger partial charge on any atom is -0.394 e. The van der Waals surface area contributed by atoms with Crippen molar-refractivity contribution >= 4 is 53.2 Å². The first-order chi connectivity index (χ1) is 46.8. The molecule has 3 aliphatic rings. The summed E-state index contributed by atoms with van der Waals surface area (Å²) in [5, 5.41) is 115. The van der Waals surface area contributed by atoms with Crippen molar-refractivity contribution in [1.29, 1.82) is 0 Å². The van der Waals surface area contributed by atoms with Gasteiger partial charge in [0.25, 0.3) is 0 Å². The van der Waals surface area contributed by atoms with E-state index in [1.54, 1.807) is 0 Å². The number of hydrogen-bond acceptors (Lipinski definition) is 27. The molecule has 36 heteroatoms. The van der Waals surface area contributed by atoms with Gasteiger partial charge < -0.3 is 136 Å². The monoisotopic (exact) mass is 1410 g/mol. The van der Waals surface area contributed by atoms with E-state index in [0.717, 1.165) is 0 Å². The van der Waals surface area contributed by atoms with E-state index in [0.29, 0.717) is 77.4 Å². The van der Waals surface area contributed by atoms with Crippen molar-refractivity contribution in [2.24, 2.45) is 5.41 Å². The summed E-state index contributed by atoms with van der Waals surface area (Å²) in [6.45, 7) is 6.21. The molecule has 3 aliphatic heterocycles. The van der Waals surface area contributed by atoms with Crippen LogP contribution in [0.3, 0.4) is 0 Å². The number of ether oxygens (including phenoxy) is 9. The Labute approximate surface area is 571 Å². The minimum atomic E-state index is -1.44. The maximum absolute atomic E-state index is 12.7. The highest BCUT2D eigenvalue weighted by molar-refractivity contribution is 5.78. The number of carbonyl (C=O) groups excluding carboxylic acids is 9. The van der Waals surface area contributed by atoms with E-state index in [9.17, 15) is 89.1 Å². The van der Waals surface area contributed by atoms with Gasteiger partial charge in [0.15, 0.2) is 18.9 Å². The summed E-state index contributed by atoms with van der Waals surface area (Å²) in [6.07, 6.45) is -10.8. The highest BCUT2D eigenvalue weighted by Crippen LogP contribution is 2.26. The SMILES string of the molecule is CC(=O)N[C@H]1C(O)[C@H](O)C(CO)O[C@H]1OCCCCC(=O)NCCCNC(=O)CCOCC(C)(COCCC(=O)NCCCNC(=O)CCCCO[C@@H]1OC(CO)[C@@H](O)C(O)[C@@H]1NC(C)=O)COCCC(=O)NCCCNC(=O)CCCCO[C@@H]1OC(CO)[C@@H](O)C(O)[C@@H]1NC(C)=O. The molecule has 0 aromatic carbocycles. The molecule has 0 bridgehead atoms. The van der Waals surface area contributed by atoms with Gasteiger partial charge in [0.05, 0.1) is 59.5 Å². The predicted molar refractivity (Wildman–Crippen MR) is 342 cm³/mol. The fourth-order valence-electron chi connectivity index (χ4n) is 10.3. The number of rotatable bonds is 51. The zero-order chi connectivity index (χ0) is 72.4. The smallest absolute Gasteiger partial charge is 0.222 e. The summed E-state index contributed by atoms with van der Waals surface area (Å²) in [5.41, 5.74) is -0.791. The Kier molecular flexibility index (Phi) is 43.5. The van der Waals surface area contributed by atoms with Crippen molar-refractivity contribution in [2.75, 3.05) is 119 Å². The zero-order valence-corrected chi connectivity index (χ0v) is 56.9. The van der Waals surface area contributed by atoms with E-state index < -0.39 is 135 Å². The molecule has 9 amide bonds. The molecule has 18 N–H and O–H groups in total. The lowest BCUT2D eigenvalue weighted by atomic mass is 9.94. The lowest BCUT2D eigenvalue weighted by Crippen LogP contribution is -2.64. The molecule has 3 saturated heterocycles.